The first-order valence-electron chi connectivity index (χ1n) is 5.90. The van der Waals surface area contributed by atoms with E-state index in [9.17, 15) is 0 Å². The van der Waals surface area contributed by atoms with Gasteiger partial charge in [-0.05, 0) is 51.9 Å². The molecular weight excluding hydrogens is 280 g/mol. The second-order valence-electron chi connectivity index (χ2n) is 4.74. The number of benzene rings is 1. The summed E-state index contributed by atoms with van der Waals surface area (Å²) in [4.78, 5) is 0. The first kappa shape index (κ1) is 14.4. The third-order valence-electron chi connectivity index (χ3n) is 3.20. The highest BCUT2D eigenvalue weighted by Crippen LogP contribution is 2.36. The summed E-state index contributed by atoms with van der Waals surface area (Å²) in [6.45, 7) is 6.77. The molecule has 1 rings (SSSR count). The molecule has 0 spiro atoms. The largest absolute Gasteiger partial charge is 0.495 e. The Morgan fingerprint density at radius 2 is 1.53 bits per heavy atom. The predicted molar refractivity (Wildman–Crippen MR) is 75.0 cm³/mol. The van der Waals surface area contributed by atoms with Crippen LogP contribution < -0.4 is 9.47 Å². The van der Waals surface area contributed by atoms with Crippen molar-refractivity contribution in [3.8, 4) is 11.5 Å². The summed E-state index contributed by atoms with van der Waals surface area (Å²) in [5.41, 5.74) is 1.25. The minimum atomic E-state index is 0.644. The molecule has 1 aromatic carbocycles. The molecule has 96 valence electrons. The van der Waals surface area contributed by atoms with Crippen LogP contribution in [0.1, 0.15) is 26.3 Å². The second kappa shape index (κ2) is 6.29. The molecule has 0 fully saturated rings. The normalized spacial score (nSPS) is 12.6. The van der Waals surface area contributed by atoms with Crippen LogP contribution in [0.5, 0.6) is 11.5 Å². The summed E-state index contributed by atoms with van der Waals surface area (Å²) in [5, 5.41) is 0. The Bertz CT molecular complexity index is 349. The Morgan fingerprint density at radius 1 is 1.06 bits per heavy atom. The smallest absolute Gasteiger partial charge is 0.137 e. The van der Waals surface area contributed by atoms with Crippen LogP contribution >= 0.6 is 15.9 Å². The summed E-state index contributed by atoms with van der Waals surface area (Å²) in [5.74, 6) is 2.98. The van der Waals surface area contributed by atoms with Gasteiger partial charge in [0, 0.05) is 0 Å². The monoisotopic (exact) mass is 300 g/mol. The minimum absolute atomic E-state index is 0.644. The van der Waals surface area contributed by atoms with Crippen molar-refractivity contribution in [2.75, 3.05) is 14.2 Å². The van der Waals surface area contributed by atoms with Gasteiger partial charge in [-0.15, -0.1) is 0 Å². The lowest BCUT2D eigenvalue weighted by Gasteiger charge is -2.17. The summed E-state index contributed by atoms with van der Waals surface area (Å²) in [7, 11) is 3.35. The van der Waals surface area contributed by atoms with Crippen molar-refractivity contribution in [2.24, 2.45) is 11.8 Å². The maximum Gasteiger partial charge on any atom is 0.137 e. The van der Waals surface area contributed by atoms with Crippen molar-refractivity contribution in [1.29, 1.82) is 0 Å². The summed E-state index contributed by atoms with van der Waals surface area (Å²) < 4.78 is 11.6. The van der Waals surface area contributed by atoms with Crippen molar-refractivity contribution in [3.05, 3.63) is 22.2 Å². The molecule has 17 heavy (non-hydrogen) atoms. The van der Waals surface area contributed by atoms with E-state index in [0.29, 0.717) is 11.8 Å². The Hall–Kier alpha value is -0.700. The van der Waals surface area contributed by atoms with Gasteiger partial charge in [0.05, 0.1) is 14.2 Å². The van der Waals surface area contributed by atoms with Crippen LogP contribution in [0.3, 0.4) is 0 Å². The number of halogens is 1. The third kappa shape index (κ3) is 3.63. The van der Waals surface area contributed by atoms with E-state index in [1.807, 2.05) is 0 Å². The number of methoxy groups -OCH3 is 2. The van der Waals surface area contributed by atoms with Crippen LogP contribution in [-0.4, -0.2) is 14.2 Å². The van der Waals surface area contributed by atoms with Gasteiger partial charge >= 0.3 is 0 Å². The van der Waals surface area contributed by atoms with Crippen LogP contribution in [0.25, 0.3) is 0 Å². The van der Waals surface area contributed by atoms with Crippen LogP contribution in [0.2, 0.25) is 0 Å². The average Bonchev–Trinajstić information content (AvgIpc) is 2.30. The Kier molecular flexibility index (Phi) is 5.31. The average molecular weight is 301 g/mol. The van der Waals surface area contributed by atoms with E-state index in [0.717, 1.165) is 22.4 Å². The molecule has 0 N–H and O–H groups in total. The molecule has 0 aliphatic carbocycles. The van der Waals surface area contributed by atoms with E-state index >= 15 is 0 Å². The zero-order valence-electron chi connectivity index (χ0n) is 11.2. The van der Waals surface area contributed by atoms with Gasteiger partial charge in [-0.25, -0.2) is 0 Å². The maximum absolute atomic E-state index is 5.34. The summed E-state index contributed by atoms with van der Waals surface area (Å²) in [6.07, 6.45) is 1.04. The van der Waals surface area contributed by atoms with Crippen molar-refractivity contribution in [3.63, 3.8) is 0 Å². The molecule has 3 heteroatoms. The molecule has 0 aromatic heterocycles. The van der Waals surface area contributed by atoms with Gasteiger partial charge in [0.2, 0.25) is 0 Å². The topological polar surface area (TPSA) is 18.5 Å². The fourth-order valence-electron chi connectivity index (χ4n) is 1.65. The quantitative estimate of drug-likeness (QED) is 0.807. The maximum atomic E-state index is 5.34. The van der Waals surface area contributed by atoms with E-state index in [2.05, 4.69) is 48.8 Å². The van der Waals surface area contributed by atoms with Gasteiger partial charge in [-0.3, -0.25) is 0 Å². The highest BCUT2D eigenvalue weighted by molar-refractivity contribution is 9.10. The molecule has 0 aliphatic rings. The lowest BCUT2D eigenvalue weighted by molar-refractivity contribution is 0.384. The van der Waals surface area contributed by atoms with Crippen molar-refractivity contribution in [1.82, 2.24) is 0 Å². The molecule has 0 saturated heterocycles. The van der Waals surface area contributed by atoms with Gasteiger partial charge in [0.15, 0.2) is 0 Å². The van der Waals surface area contributed by atoms with Gasteiger partial charge in [-0.1, -0.05) is 20.8 Å². The molecule has 0 bridgehead atoms. The Labute approximate surface area is 112 Å². The first-order valence-corrected chi connectivity index (χ1v) is 6.69. The number of hydrogen-bond donors (Lipinski definition) is 0. The predicted octanol–water partition coefficient (Wildman–Crippen LogP) is 4.30. The highest BCUT2D eigenvalue weighted by Gasteiger charge is 2.13. The molecule has 0 saturated carbocycles. The SMILES string of the molecule is COc1cc(CC(C)C(C)C)cc(OC)c1Br. The van der Waals surface area contributed by atoms with Gasteiger partial charge < -0.3 is 9.47 Å². The van der Waals surface area contributed by atoms with Crippen LogP contribution in [0.15, 0.2) is 16.6 Å². The summed E-state index contributed by atoms with van der Waals surface area (Å²) in [6, 6.07) is 4.15. The molecule has 1 unspecified atom stereocenters. The zero-order chi connectivity index (χ0) is 13.0. The molecule has 0 aliphatic heterocycles. The van der Waals surface area contributed by atoms with E-state index in [1.54, 1.807) is 14.2 Å². The van der Waals surface area contributed by atoms with Crippen molar-refractivity contribution < 1.29 is 9.47 Å². The highest BCUT2D eigenvalue weighted by atomic mass is 79.9. The van der Waals surface area contributed by atoms with Crippen molar-refractivity contribution >= 4 is 15.9 Å². The molecule has 0 heterocycles. The number of rotatable bonds is 5. The van der Waals surface area contributed by atoms with E-state index in [-0.39, 0.29) is 0 Å². The lowest BCUT2D eigenvalue weighted by Crippen LogP contribution is -2.07. The van der Waals surface area contributed by atoms with Gasteiger partial charge in [0.1, 0.15) is 16.0 Å². The lowest BCUT2D eigenvalue weighted by atomic mass is 9.91. The molecular formula is C14H21BrO2. The Morgan fingerprint density at radius 3 is 1.88 bits per heavy atom. The van der Waals surface area contributed by atoms with Gasteiger partial charge in [-0.2, -0.15) is 0 Å². The molecule has 1 aromatic rings. The van der Waals surface area contributed by atoms with Crippen LogP contribution in [0.4, 0.5) is 0 Å². The first-order chi connectivity index (χ1) is 7.99. The van der Waals surface area contributed by atoms with Crippen molar-refractivity contribution in [2.45, 2.75) is 27.2 Å². The summed E-state index contributed by atoms with van der Waals surface area (Å²) >= 11 is 3.48. The van der Waals surface area contributed by atoms with Crippen LogP contribution in [-0.2, 0) is 6.42 Å². The van der Waals surface area contributed by atoms with E-state index < -0.39 is 0 Å². The molecule has 1 atom stereocenters. The number of hydrogen-bond acceptors (Lipinski definition) is 2. The fourth-order valence-corrected chi connectivity index (χ4v) is 2.20. The zero-order valence-corrected chi connectivity index (χ0v) is 12.8. The standard InChI is InChI=1S/C14H21BrO2/c1-9(2)10(3)6-11-7-12(16-4)14(15)13(8-11)17-5/h7-10H,6H2,1-5H3. The third-order valence-corrected chi connectivity index (χ3v) is 3.98. The van der Waals surface area contributed by atoms with E-state index in [4.69, 9.17) is 9.47 Å². The second-order valence-corrected chi connectivity index (χ2v) is 5.53. The molecule has 0 amide bonds. The molecule has 0 radical (unpaired) electrons. The van der Waals surface area contributed by atoms with Gasteiger partial charge in [0.25, 0.3) is 0 Å². The number of ether oxygens (including phenoxy) is 2. The Balaban J connectivity index is 3.01. The minimum Gasteiger partial charge on any atom is -0.495 e. The van der Waals surface area contributed by atoms with Crippen LogP contribution in [0, 0.1) is 11.8 Å². The van der Waals surface area contributed by atoms with E-state index in [1.165, 1.54) is 5.56 Å². The fraction of sp³-hybridized carbons (Fsp3) is 0.571. The molecule has 2 nitrogen and oxygen atoms in total.